The van der Waals surface area contributed by atoms with Crippen LogP contribution in [0.25, 0.3) is 0 Å². The maximum absolute atomic E-state index is 12.6. The molecule has 3 fully saturated rings. The number of amides is 2. The summed E-state index contributed by atoms with van der Waals surface area (Å²) in [7, 11) is 0. The summed E-state index contributed by atoms with van der Waals surface area (Å²) in [5, 5.41) is 5.90. The minimum atomic E-state index is -0.0709. The SMILES string of the molecule is Cl.NC1C2CCC(C2)C1C(=O)Nc1cccc(NC(=O)C2CC2)c1. The van der Waals surface area contributed by atoms with E-state index in [9.17, 15) is 9.59 Å². The van der Waals surface area contributed by atoms with E-state index in [1.165, 1.54) is 0 Å². The molecule has 0 aliphatic heterocycles. The molecule has 3 aliphatic carbocycles. The van der Waals surface area contributed by atoms with Crippen molar-refractivity contribution in [2.24, 2.45) is 29.4 Å². The molecular formula is C18H24ClN3O2. The fourth-order valence-corrected chi connectivity index (χ4v) is 4.21. The number of benzene rings is 1. The molecule has 1 aromatic carbocycles. The molecule has 1 aromatic rings. The van der Waals surface area contributed by atoms with E-state index in [4.69, 9.17) is 5.73 Å². The van der Waals surface area contributed by atoms with E-state index in [1.54, 1.807) is 0 Å². The molecule has 0 saturated heterocycles. The Kier molecular flexibility index (Phi) is 4.83. The molecule has 6 heteroatoms. The number of nitrogens with two attached hydrogens (primary N) is 1. The Morgan fingerprint density at radius 3 is 2.17 bits per heavy atom. The molecule has 4 atom stereocenters. The molecule has 0 heterocycles. The second-order valence-electron chi connectivity index (χ2n) is 7.27. The standard InChI is InChI=1S/C18H23N3O2.ClH/c19-16-12-7-6-11(8-12)15(16)18(23)21-14-3-1-2-13(9-14)20-17(22)10-4-5-10;/h1-3,9-12,15-16H,4-8,19H2,(H,20,22)(H,21,23);1H. The average Bonchev–Trinajstić information content (AvgIpc) is 3.20. The normalized spacial score (nSPS) is 30.5. The third kappa shape index (κ3) is 3.28. The van der Waals surface area contributed by atoms with Crippen molar-refractivity contribution in [2.45, 2.75) is 38.1 Å². The second kappa shape index (κ2) is 6.73. The molecule has 24 heavy (non-hydrogen) atoms. The highest BCUT2D eigenvalue weighted by Crippen LogP contribution is 2.47. The largest absolute Gasteiger partial charge is 0.327 e. The van der Waals surface area contributed by atoms with Gasteiger partial charge in [-0.2, -0.15) is 0 Å². The van der Waals surface area contributed by atoms with Gasteiger partial charge in [-0.3, -0.25) is 9.59 Å². The minimum absolute atomic E-state index is 0. The van der Waals surface area contributed by atoms with Gasteiger partial charge in [-0.1, -0.05) is 6.07 Å². The van der Waals surface area contributed by atoms with E-state index >= 15 is 0 Å². The number of nitrogens with one attached hydrogen (secondary N) is 2. The van der Waals surface area contributed by atoms with Crippen LogP contribution in [0.4, 0.5) is 11.4 Å². The molecule has 4 rings (SSSR count). The maximum Gasteiger partial charge on any atom is 0.229 e. The van der Waals surface area contributed by atoms with E-state index < -0.39 is 0 Å². The van der Waals surface area contributed by atoms with Crippen LogP contribution in [0.5, 0.6) is 0 Å². The van der Waals surface area contributed by atoms with E-state index in [-0.39, 0.29) is 42.1 Å². The summed E-state index contributed by atoms with van der Waals surface area (Å²) in [6.45, 7) is 0. The third-order valence-corrected chi connectivity index (χ3v) is 5.63. The number of halogens is 1. The summed E-state index contributed by atoms with van der Waals surface area (Å²) in [4.78, 5) is 24.4. The van der Waals surface area contributed by atoms with Gasteiger partial charge >= 0.3 is 0 Å². The Hall–Kier alpha value is -1.59. The van der Waals surface area contributed by atoms with Crippen molar-refractivity contribution in [1.82, 2.24) is 0 Å². The highest BCUT2D eigenvalue weighted by molar-refractivity contribution is 5.96. The van der Waals surface area contributed by atoms with Crippen molar-refractivity contribution in [3.8, 4) is 0 Å². The zero-order valence-electron chi connectivity index (χ0n) is 13.5. The zero-order valence-corrected chi connectivity index (χ0v) is 14.4. The molecule has 3 saturated carbocycles. The van der Waals surface area contributed by atoms with Crippen LogP contribution in [-0.2, 0) is 9.59 Å². The van der Waals surface area contributed by atoms with Gasteiger partial charge in [-0.25, -0.2) is 0 Å². The molecule has 0 radical (unpaired) electrons. The van der Waals surface area contributed by atoms with Gasteiger partial charge in [0, 0.05) is 23.3 Å². The minimum Gasteiger partial charge on any atom is -0.327 e. The molecule has 2 bridgehead atoms. The van der Waals surface area contributed by atoms with Crippen LogP contribution in [0.3, 0.4) is 0 Å². The first-order chi connectivity index (χ1) is 11.1. The summed E-state index contributed by atoms with van der Waals surface area (Å²) in [6, 6.07) is 7.35. The molecule has 4 N–H and O–H groups in total. The number of hydrogen-bond acceptors (Lipinski definition) is 3. The molecule has 130 valence electrons. The Bertz CT molecular complexity index is 645. The van der Waals surface area contributed by atoms with Gasteiger partial charge < -0.3 is 16.4 Å². The van der Waals surface area contributed by atoms with Crippen molar-refractivity contribution in [1.29, 1.82) is 0 Å². The van der Waals surface area contributed by atoms with Gasteiger partial charge in [0.2, 0.25) is 11.8 Å². The summed E-state index contributed by atoms with van der Waals surface area (Å²) in [5.41, 5.74) is 7.69. The Morgan fingerprint density at radius 1 is 0.958 bits per heavy atom. The summed E-state index contributed by atoms with van der Waals surface area (Å²) in [5.74, 6) is 1.14. The van der Waals surface area contributed by atoms with Crippen molar-refractivity contribution in [3.63, 3.8) is 0 Å². The molecule has 0 aromatic heterocycles. The number of carbonyl (C=O) groups excluding carboxylic acids is 2. The monoisotopic (exact) mass is 349 g/mol. The Labute approximate surface area is 148 Å². The molecule has 3 aliphatic rings. The van der Waals surface area contributed by atoms with Crippen LogP contribution in [0.2, 0.25) is 0 Å². The van der Waals surface area contributed by atoms with Gasteiger partial charge in [0.15, 0.2) is 0 Å². The van der Waals surface area contributed by atoms with Crippen LogP contribution >= 0.6 is 12.4 Å². The molecule has 4 unspecified atom stereocenters. The lowest BCUT2D eigenvalue weighted by Crippen LogP contribution is -2.42. The first-order valence-corrected chi connectivity index (χ1v) is 8.59. The van der Waals surface area contributed by atoms with E-state index in [2.05, 4.69) is 10.6 Å². The van der Waals surface area contributed by atoms with E-state index in [0.717, 1.165) is 43.5 Å². The van der Waals surface area contributed by atoms with Gasteiger partial charge in [0.05, 0.1) is 5.92 Å². The van der Waals surface area contributed by atoms with Crippen molar-refractivity contribution in [2.75, 3.05) is 10.6 Å². The smallest absolute Gasteiger partial charge is 0.229 e. The maximum atomic E-state index is 12.6. The Morgan fingerprint density at radius 2 is 1.58 bits per heavy atom. The van der Waals surface area contributed by atoms with E-state index in [1.807, 2.05) is 24.3 Å². The van der Waals surface area contributed by atoms with Gasteiger partial charge in [0.1, 0.15) is 0 Å². The van der Waals surface area contributed by atoms with Crippen LogP contribution < -0.4 is 16.4 Å². The first-order valence-electron chi connectivity index (χ1n) is 8.59. The second-order valence-corrected chi connectivity index (χ2v) is 7.27. The highest BCUT2D eigenvalue weighted by Gasteiger charge is 2.49. The number of carbonyl (C=O) groups is 2. The van der Waals surface area contributed by atoms with Gasteiger partial charge in [-0.15, -0.1) is 12.4 Å². The van der Waals surface area contributed by atoms with Crippen LogP contribution in [0, 0.1) is 23.7 Å². The van der Waals surface area contributed by atoms with E-state index in [0.29, 0.717) is 11.8 Å². The molecular weight excluding hydrogens is 326 g/mol. The lowest BCUT2D eigenvalue weighted by Gasteiger charge is -2.27. The number of rotatable bonds is 4. The molecule has 2 amide bonds. The quantitative estimate of drug-likeness (QED) is 0.781. The van der Waals surface area contributed by atoms with Crippen LogP contribution in [0.1, 0.15) is 32.1 Å². The summed E-state index contributed by atoms with van der Waals surface area (Å²) in [6.07, 6.45) is 5.33. The van der Waals surface area contributed by atoms with Crippen LogP contribution in [-0.4, -0.2) is 17.9 Å². The van der Waals surface area contributed by atoms with Crippen molar-refractivity contribution in [3.05, 3.63) is 24.3 Å². The third-order valence-electron chi connectivity index (χ3n) is 5.63. The lowest BCUT2D eigenvalue weighted by atomic mass is 9.84. The average molecular weight is 350 g/mol. The zero-order chi connectivity index (χ0) is 16.0. The number of fused-ring (bicyclic) bond motifs is 2. The summed E-state index contributed by atoms with van der Waals surface area (Å²) < 4.78 is 0. The summed E-state index contributed by atoms with van der Waals surface area (Å²) >= 11 is 0. The van der Waals surface area contributed by atoms with Crippen molar-refractivity contribution >= 4 is 35.6 Å². The van der Waals surface area contributed by atoms with Crippen LogP contribution in [0.15, 0.2) is 24.3 Å². The number of hydrogen-bond donors (Lipinski definition) is 3. The molecule has 5 nitrogen and oxygen atoms in total. The first kappa shape index (κ1) is 17.2. The van der Waals surface area contributed by atoms with Gasteiger partial charge in [0.25, 0.3) is 0 Å². The highest BCUT2D eigenvalue weighted by atomic mass is 35.5. The van der Waals surface area contributed by atoms with Crippen molar-refractivity contribution < 1.29 is 9.59 Å². The lowest BCUT2D eigenvalue weighted by molar-refractivity contribution is -0.121. The van der Waals surface area contributed by atoms with Gasteiger partial charge in [-0.05, 0) is 62.1 Å². The fourth-order valence-electron chi connectivity index (χ4n) is 4.21. The molecule has 0 spiro atoms. The Balaban J connectivity index is 0.00000169. The predicted octanol–water partition coefficient (Wildman–Crippen LogP) is 2.77. The number of anilines is 2. The topological polar surface area (TPSA) is 84.2 Å². The fraction of sp³-hybridized carbons (Fsp3) is 0.556. The predicted molar refractivity (Wildman–Crippen MR) is 96.0 cm³/mol.